The van der Waals surface area contributed by atoms with Crippen LogP contribution in [0.1, 0.15) is 53.1 Å². The van der Waals surface area contributed by atoms with E-state index in [-0.39, 0.29) is 10.8 Å². The fourth-order valence-corrected chi connectivity index (χ4v) is 2.18. The molecule has 144 valence electrons. The van der Waals surface area contributed by atoms with Gasteiger partial charge in [0.2, 0.25) is 0 Å². The van der Waals surface area contributed by atoms with Crippen LogP contribution in [0, 0.1) is 0 Å². The maximum atomic E-state index is 9.75. The fourth-order valence-electron chi connectivity index (χ4n) is 2.05. The number of hydrogen-bond donors (Lipinski definition) is 0. The van der Waals surface area contributed by atoms with Gasteiger partial charge in [-0.15, -0.1) is 0 Å². The average Bonchev–Trinajstić information content (AvgIpc) is 2.44. The van der Waals surface area contributed by atoms with Crippen LogP contribution in [0.25, 0.3) is 11.1 Å². The van der Waals surface area contributed by atoms with Crippen LogP contribution in [0.4, 0.5) is 17.3 Å². The highest BCUT2D eigenvalue weighted by Crippen LogP contribution is 2.34. The summed E-state index contributed by atoms with van der Waals surface area (Å²) in [5, 5.41) is 0.756. The third kappa shape index (κ3) is 7.77. The predicted molar refractivity (Wildman–Crippen MR) is 101 cm³/mol. The van der Waals surface area contributed by atoms with Gasteiger partial charge < -0.3 is 17.3 Å². The maximum Gasteiger partial charge on any atom is 0.673 e. The van der Waals surface area contributed by atoms with Gasteiger partial charge in [-0.2, -0.15) is 0 Å². The zero-order valence-electron chi connectivity index (χ0n) is 15.8. The molecular formula is C19H24BClF4O. The van der Waals surface area contributed by atoms with Crippen molar-refractivity contribution in [2.45, 2.75) is 52.4 Å². The van der Waals surface area contributed by atoms with Gasteiger partial charge in [0.05, 0.1) is 10.8 Å². The number of rotatable bonds is 1. The molecule has 26 heavy (non-hydrogen) atoms. The van der Waals surface area contributed by atoms with Crippen molar-refractivity contribution in [1.82, 2.24) is 0 Å². The molecular weight excluding hydrogens is 366 g/mol. The number of benzene rings is 1. The summed E-state index contributed by atoms with van der Waals surface area (Å²) in [6.45, 7) is 13.0. The third-order valence-electron chi connectivity index (χ3n) is 3.45. The molecule has 0 spiro atoms. The Hall–Kier alpha value is -1.56. The van der Waals surface area contributed by atoms with Crippen LogP contribution in [0.15, 0.2) is 40.8 Å². The Morgan fingerprint density at radius 2 is 1.08 bits per heavy atom. The van der Waals surface area contributed by atoms with Crippen LogP contribution in [-0.2, 0) is 10.8 Å². The topological polar surface area (TPSA) is 11.3 Å². The first-order valence-electron chi connectivity index (χ1n) is 8.20. The zero-order chi connectivity index (χ0) is 20.3. The van der Waals surface area contributed by atoms with Crippen molar-refractivity contribution in [3.05, 3.63) is 52.9 Å². The van der Waals surface area contributed by atoms with Gasteiger partial charge in [0, 0.05) is 17.2 Å². The van der Waals surface area contributed by atoms with Crippen molar-refractivity contribution in [2.75, 3.05) is 0 Å². The number of hydrogen-bond acceptors (Lipinski definition) is 0. The van der Waals surface area contributed by atoms with E-state index >= 15 is 0 Å². The molecule has 0 saturated heterocycles. The van der Waals surface area contributed by atoms with Crippen LogP contribution in [0.2, 0.25) is 5.02 Å². The van der Waals surface area contributed by atoms with Crippen molar-refractivity contribution in [3.63, 3.8) is 0 Å². The molecule has 0 bridgehead atoms. The minimum Gasteiger partial charge on any atom is -0.418 e. The van der Waals surface area contributed by atoms with Crippen LogP contribution in [-0.4, -0.2) is 7.25 Å². The number of halogens is 5. The second kappa shape index (κ2) is 7.99. The van der Waals surface area contributed by atoms with E-state index in [2.05, 4.69) is 65.8 Å². The minimum atomic E-state index is -6.00. The van der Waals surface area contributed by atoms with Crippen LogP contribution < -0.4 is 0 Å². The summed E-state index contributed by atoms with van der Waals surface area (Å²) in [6.07, 6.45) is 0. The molecule has 0 aliphatic rings. The Kier molecular flexibility index (Phi) is 6.91. The zero-order valence-corrected chi connectivity index (χ0v) is 16.6. The summed E-state index contributed by atoms with van der Waals surface area (Å²) in [5.41, 5.74) is 2.28. The molecule has 7 heteroatoms. The monoisotopic (exact) mass is 390 g/mol. The van der Waals surface area contributed by atoms with Crippen molar-refractivity contribution in [3.8, 4) is 11.1 Å². The van der Waals surface area contributed by atoms with Gasteiger partial charge >= 0.3 is 18.8 Å². The van der Waals surface area contributed by atoms with E-state index in [0.717, 1.165) is 22.1 Å². The smallest absolute Gasteiger partial charge is 0.418 e. The molecule has 0 atom stereocenters. The molecule has 0 aliphatic carbocycles. The van der Waals surface area contributed by atoms with Gasteiger partial charge in [0.15, 0.2) is 0 Å². The highest BCUT2D eigenvalue weighted by molar-refractivity contribution is 6.50. The molecule has 2 aromatic rings. The lowest BCUT2D eigenvalue weighted by atomic mass is 9.87. The summed E-state index contributed by atoms with van der Waals surface area (Å²) >= 11 is 5.99. The summed E-state index contributed by atoms with van der Waals surface area (Å²) < 4.78 is 45.2. The SMILES string of the molecule is CC(C)(C)c1cc(-c2ccc(Cl)cc2)cc(C(C)(C)C)[o+]1.F[B-](F)(F)F. The summed E-state index contributed by atoms with van der Waals surface area (Å²) in [4.78, 5) is 0. The first-order chi connectivity index (χ1) is 11.6. The average molecular weight is 391 g/mol. The largest absolute Gasteiger partial charge is 0.673 e. The van der Waals surface area contributed by atoms with E-state index in [9.17, 15) is 17.3 Å². The van der Waals surface area contributed by atoms with Gasteiger partial charge in [-0.3, -0.25) is 0 Å². The minimum absolute atomic E-state index is 0.0254. The molecule has 1 aromatic heterocycles. The summed E-state index contributed by atoms with van der Waals surface area (Å²) in [5.74, 6) is 2.00. The van der Waals surface area contributed by atoms with Crippen LogP contribution in [0.3, 0.4) is 0 Å². The summed E-state index contributed by atoms with van der Waals surface area (Å²) in [7, 11) is -6.00. The molecule has 0 fully saturated rings. The van der Waals surface area contributed by atoms with E-state index in [1.807, 2.05) is 12.1 Å². The lowest BCUT2D eigenvalue weighted by Gasteiger charge is -2.15. The summed E-state index contributed by atoms with van der Waals surface area (Å²) in [6, 6.07) is 12.2. The maximum absolute atomic E-state index is 9.75. The Bertz CT molecular complexity index is 691. The molecule has 0 aliphatic heterocycles. The lowest BCUT2D eigenvalue weighted by Crippen LogP contribution is -2.16. The highest BCUT2D eigenvalue weighted by Gasteiger charge is 2.33. The molecule has 1 heterocycles. The molecule has 0 amide bonds. The Labute approximate surface area is 157 Å². The Morgan fingerprint density at radius 1 is 0.731 bits per heavy atom. The Balaban J connectivity index is 0.000000597. The van der Waals surface area contributed by atoms with Crippen molar-refractivity contribution >= 4 is 18.9 Å². The van der Waals surface area contributed by atoms with Crippen LogP contribution in [0.5, 0.6) is 0 Å². The van der Waals surface area contributed by atoms with E-state index in [4.69, 9.17) is 16.0 Å². The standard InChI is InChI=1S/C19H24ClO.BF4/c1-18(2,3)16-11-14(12-17(21-16)19(4,5)6)13-7-9-15(20)10-8-13;2-1(3,4)5/h7-12H,1-6H3;/q+1;-1. The first kappa shape index (κ1) is 22.5. The van der Waals surface area contributed by atoms with Crippen molar-refractivity contribution < 1.29 is 21.7 Å². The molecule has 0 unspecified atom stereocenters. The second-order valence-corrected chi connectivity index (χ2v) is 8.51. The van der Waals surface area contributed by atoms with Crippen molar-refractivity contribution in [2.24, 2.45) is 0 Å². The Morgan fingerprint density at radius 3 is 1.38 bits per heavy atom. The molecule has 1 aromatic carbocycles. The van der Waals surface area contributed by atoms with Gasteiger partial charge in [-0.25, -0.2) is 4.42 Å². The molecule has 0 N–H and O–H groups in total. The quantitative estimate of drug-likeness (QED) is 0.275. The van der Waals surface area contributed by atoms with Gasteiger partial charge in [-0.05, 0) is 64.8 Å². The fraction of sp³-hybridized carbons (Fsp3) is 0.421. The predicted octanol–water partition coefficient (Wildman–Crippen LogP) is 7.78. The second-order valence-electron chi connectivity index (χ2n) is 8.08. The third-order valence-corrected chi connectivity index (χ3v) is 3.70. The van der Waals surface area contributed by atoms with E-state index < -0.39 is 7.25 Å². The van der Waals surface area contributed by atoms with Crippen LogP contribution >= 0.6 is 11.6 Å². The van der Waals surface area contributed by atoms with E-state index in [1.165, 1.54) is 5.56 Å². The highest BCUT2D eigenvalue weighted by atomic mass is 35.5. The normalized spacial score (nSPS) is 12.4. The molecule has 0 radical (unpaired) electrons. The van der Waals surface area contributed by atoms with Gasteiger partial charge in [-0.1, -0.05) is 23.7 Å². The molecule has 2 rings (SSSR count). The van der Waals surface area contributed by atoms with E-state index in [1.54, 1.807) is 0 Å². The lowest BCUT2D eigenvalue weighted by molar-refractivity contribution is 0.329. The molecule has 1 nitrogen and oxygen atoms in total. The first-order valence-corrected chi connectivity index (χ1v) is 8.57. The molecule has 0 saturated carbocycles. The van der Waals surface area contributed by atoms with E-state index in [0.29, 0.717) is 0 Å². The van der Waals surface area contributed by atoms with Gasteiger partial charge in [0.1, 0.15) is 0 Å². The van der Waals surface area contributed by atoms with Crippen molar-refractivity contribution in [1.29, 1.82) is 0 Å². The van der Waals surface area contributed by atoms with Gasteiger partial charge in [0.25, 0.3) is 0 Å².